The first-order valence-electron chi connectivity index (χ1n) is 6.47. The summed E-state index contributed by atoms with van der Waals surface area (Å²) in [5, 5.41) is 6.81. The first-order chi connectivity index (χ1) is 9.11. The molecule has 1 atom stereocenters. The first kappa shape index (κ1) is 14.2. The number of hydrogen-bond acceptors (Lipinski definition) is 3. The molecule has 2 rings (SSSR count). The summed E-state index contributed by atoms with van der Waals surface area (Å²) >= 11 is 6.05. The number of amides is 1. The monoisotopic (exact) mass is 282 g/mol. The summed E-state index contributed by atoms with van der Waals surface area (Å²) in [7, 11) is 1.57. The van der Waals surface area contributed by atoms with E-state index in [2.05, 4.69) is 10.6 Å². The van der Waals surface area contributed by atoms with E-state index in [0.717, 1.165) is 31.5 Å². The van der Waals surface area contributed by atoms with Crippen LogP contribution in [-0.2, 0) is 4.79 Å². The van der Waals surface area contributed by atoms with Gasteiger partial charge < -0.3 is 15.4 Å². The number of rotatable bonds is 3. The summed E-state index contributed by atoms with van der Waals surface area (Å²) in [4.78, 5) is 12.2. The van der Waals surface area contributed by atoms with Gasteiger partial charge in [-0.15, -0.1) is 0 Å². The summed E-state index contributed by atoms with van der Waals surface area (Å²) in [5.74, 6) is 0.648. The van der Waals surface area contributed by atoms with Crippen molar-refractivity contribution in [2.24, 2.45) is 5.92 Å². The van der Waals surface area contributed by atoms with Crippen LogP contribution in [0, 0.1) is 12.8 Å². The molecule has 4 nitrogen and oxygen atoms in total. The third-order valence-electron chi connectivity index (χ3n) is 3.41. The lowest BCUT2D eigenvalue weighted by Gasteiger charge is -2.22. The molecule has 104 valence electrons. The van der Waals surface area contributed by atoms with E-state index >= 15 is 0 Å². The molecule has 1 heterocycles. The Balaban J connectivity index is 2.13. The Kier molecular flexibility index (Phi) is 4.66. The topological polar surface area (TPSA) is 50.4 Å². The predicted molar refractivity (Wildman–Crippen MR) is 77.0 cm³/mol. The number of methoxy groups -OCH3 is 1. The molecular weight excluding hydrogens is 264 g/mol. The van der Waals surface area contributed by atoms with Crippen molar-refractivity contribution in [3.8, 4) is 5.75 Å². The van der Waals surface area contributed by atoms with Gasteiger partial charge in [-0.05, 0) is 37.9 Å². The number of piperidine rings is 1. The fraction of sp³-hybridized carbons (Fsp3) is 0.500. The lowest BCUT2D eigenvalue weighted by atomic mass is 9.98. The molecule has 0 spiro atoms. The fourth-order valence-electron chi connectivity index (χ4n) is 2.24. The number of anilines is 1. The quantitative estimate of drug-likeness (QED) is 0.896. The van der Waals surface area contributed by atoms with E-state index in [1.807, 2.05) is 13.0 Å². The summed E-state index contributed by atoms with van der Waals surface area (Å²) < 4.78 is 5.25. The molecule has 1 amide bonds. The molecule has 19 heavy (non-hydrogen) atoms. The van der Waals surface area contributed by atoms with Crippen LogP contribution in [-0.4, -0.2) is 26.1 Å². The van der Waals surface area contributed by atoms with Crippen molar-refractivity contribution in [3.05, 3.63) is 22.7 Å². The van der Waals surface area contributed by atoms with Crippen LogP contribution in [0.3, 0.4) is 0 Å². The highest BCUT2D eigenvalue weighted by atomic mass is 35.5. The maximum absolute atomic E-state index is 12.2. The average molecular weight is 283 g/mol. The van der Waals surface area contributed by atoms with Crippen LogP contribution in [0.2, 0.25) is 5.02 Å². The van der Waals surface area contributed by atoms with Crippen LogP contribution in [0.1, 0.15) is 18.4 Å². The van der Waals surface area contributed by atoms with Gasteiger partial charge in [0.2, 0.25) is 5.91 Å². The van der Waals surface area contributed by atoms with Gasteiger partial charge in [0.15, 0.2) is 0 Å². The van der Waals surface area contributed by atoms with Crippen molar-refractivity contribution in [1.29, 1.82) is 0 Å². The van der Waals surface area contributed by atoms with Gasteiger partial charge in [-0.1, -0.05) is 11.6 Å². The lowest BCUT2D eigenvalue weighted by Crippen LogP contribution is -2.37. The zero-order valence-electron chi connectivity index (χ0n) is 11.3. The van der Waals surface area contributed by atoms with Gasteiger partial charge >= 0.3 is 0 Å². The molecule has 0 aliphatic carbocycles. The second kappa shape index (κ2) is 6.26. The molecule has 0 radical (unpaired) electrons. The zero-order chi connectivity index (χ0) is 13.8. The number of ether oxygens (including phenoxy) is 1. The van der Waals surface area contributed by atoms with Crippen LogP contribution >= 0.6 is 11.6 Å². The minimum Gasteiger partial charge on any atom is -0.495 e. The number of nitrogens with one attached hydrogen (secondary N) is 2. The summed E-state index contributed by atoms with van der Waals surface area (Å²) in [6, 6.07) is 3.57. The second-order valence-electron chi connectivity index (χ2n) is 4.83. The minimum absolute atomic E-state index is 0.0226. The summed E-state index contributed by atoms with van der Waals surface area (Å²) in [5.41, 5.74) is 1.60. The number of benzene rings is 1. The van der Waals surface area contributed by atoms with Crippen LogP contribution in [0.25, 0.3) is 0 Å². The van der Waals surface area contributed by atoms with Crippen molar-refractivity contribution < 1.29 is 9.53 Å². The van der Waals surface area contributed by atoms with E-state index in [1.165, 1.54) is 0 Å². The standard InChI is InChI=1S/C14H19ClN2O2/c1-9-6-12(13(19-2)7-11(9)15)17-14(18)10-4-3-5-16-8-10/h6-7,10,16H,3-5,8H2,1-2H3,(H,17,18). The highest BCUT2D eigenvalue weighted by Crippen LogP contribution is 2.31. The molecular formula is C14H19ClN2O2. The molecule has 1 fully saturated rings. The molecule has 1 saturated heterocycles. The Morgan fingerprint density at radius 2 is 2.32 bits per heavy atom. The highest BCUT2D eigenvalue weighted by Gasteiger charge is 2.22. The van der Waals surface area contributed by atoms with E-state index in [0.29, 0.717) is 16.5 Å². The Hall–Kier alpha value is -1.26. The van der Waals surface area contributed by atoms with Gasteiger partial charge in [0.25, 0.3) is 0 Å². The van der Waals surface area contributed by atoms with Crippen LogP contribution in [0.4, 0.5) is 5.69 Å². The molecule has 5 heteroatoms. The molecule has 0 aromatic heterocycles. The molecule has 1 aromatic rings. The second-order valence-corrected chi connectivity index (χ2v) is 5.24. The van der Waals surface area contributed by atoms with Gasteiger partial charge in [0.1, 0.15) is 5.75 Å². The van der Waals surface area contributed by atoms with Crippen LogP contribution in [0.15, 0.2) is 12.1 Å². The maximum Gasteiger partial charge on any atom is 0.228 e. The summed E-state index contributed by atoms with van der Waals surface area (Å²) in [6.07, 6.45) is 1.96. The van der Waals surface area contributed by atoms with E-state index < -0.39 is 0 Å². The normalized spacial score (nSPS) is 19.0. The third-order valence-corrected chi connectivity index (χ3v) is 3.81. The smallest absolute Gasteiger partial charge is 0.228 e. The lowest BCUT2D eigenvalue weighted by molar-refractivity contribution is -0.120. The largest absolute Gasteiger partial charge is 0.495 e. The Morgan fingerprint density at radius 1 is 1.53 bits per heavy atom. The number of carbonyl (C=O) groups excluding carboxylic acids is 1. The number of aryl methyl sites for hydroxylation is 1. The van der Waals surface area contributed by atoms with Crippen LogP contribution < -0.4 is 15.4 Å². The SMILES string of the molecule is COc1cc(Cl)c(C)cc1NC(=O)C1CCCNC1. The van der Waals surface area contributed by atoms with E-state index in [-0.39, 0.29) is 11.8 Å². The molecule has 1 aromatic carbocycles. The molecule has 2 N–H and O–H groups in total. The Bertz CT molecular complexity index is 471. The first-order valence-corrected chi connectivity index (χ1v) is 6.85. The van der Waals surface area contributed by atoms with E-state index in [4.69, 9.17) is 16.3 Å². The number of hydrogen-bond donors (Lipinski definition) is 2. The van der Waals surface area contributed by atoms with Crippen molar-refractivity contribution in [3.63, 3.8) is 0 Å². The third kappa shape index (κ3) is 3.39. The molecule has 1 aliphatic heterocycles. The highest BCUT2D eigenvalue weighted by molar-refractivity contribution is 6.31. The van der Waals surface area contributed by atoms with Gasteiger partial charge in [0.05, 0.1) is 18.7 Å². The van der Waals surface area contributed by atoms with E-state index in [1.54, 1.807) is 13.2 Å². The van der Waals surface area contributed by atoms with Crippen LogP contribution in [0.5, 0.6) is 5.75 Å². The Morgan fingerprint density at radius 3 is 2.95 bits per heavy atom. The maximum atomic E-state index is 12.2. The van der Waals surface area contributed by atoms with Crippen molar-refractivity contribution >= 4 is 23.2 Å². The van der Waals surface area contributed by atoms with Crippen molar-refractivity contribution in [2.75, 3.05) is 25.5 Å². The molecule has 1 unspecified atom stereocenters. The Labute approximate surface area is 118 Å². The van der Waals surface area contributed by atoms with Gasteiger partial charge in [0, 0.05) is 17.6 Å². The van der Waals surface area contributed by atoms with Gasteiger partial charge in [-0.3, -0.25) is 4.79 Å². The summed E-state index contributed by atoms with van der Waals surface area (Å²) in [6.45, 7) is 3.63. The zero-order valence-corrected chi connectivity index (χ0v) is 12.0. The average Bonchev–Trinajstić information content (AvgIpc) is 2.43. The minimum atomic E-state index is 0.0226. The molecule has 0 saturated carbocycles. The van der Waals surface area contributed by atoms with Crippen molar-refractivity contribution in [2.45, 2.75) is 19.8 Å². The fourth-order valence-corrected chi connectivity index (χ4v) is 2.39. The molecule has 1 aliphatic rings. The number of halogens is 1. The van der Waals surface area contributed by atoms with Gasteiger partial charge in [-0.2, -0.15) is 0 Å². The molecule has 0 bridgehead atoms. The van der Waals surface area contributed by atoms with Gasteiger partial charge in [-0.25, -0.2) is 0 Å². The van der Waals surface area contributed by atoms with Crippen molar-refractivity contribution in [1.82, 2.24) is 5.32 Å². The predicted octanol–water partition coefficient (Wildman–Crippen LogP) is 2.60. The number of carbonyl (C=O) groups is 1. The van der Waals surface area contributed by atoms with E-state index in [9.17, 15) is 4.79 Å².